The number of nitriles is 1. The van der Waals surface area contributed by atoms with Crippen LogP contribution in [-0.2, 0) is 0 Å². The van der Waals surface area contributed by atoms with Crippen LogP contribution in [0.2, 0.25) is 0 Å². The summed E-state index contributed by atoms with van der Waals surface area (Å²) in [6.45, 7) is 2.83. The third-order valence-electron chi connectivity index (χ3n) is 4.86. The summed E-state index contributed by atoms with van der Waals surface area (Å²) in [5, 5.41) is 12.7. The molecule has 0 spiro atoms. The predicted molar refractivity (Wildman–Crippen MR) is 103 cm³/mol. The van der Waals surface area contributed by atoms with Crippen molar-refractivity contribution >= 4 is 5.88 Å². The van der Waals surface area contributed by atoms with Crippen molar-refractivity contribution in [3.8, 4) is 17.5 Å². The topological polar surface area (TPSA) is 78.0 Å². The Kier molecular flexibility index (Phi) is 5.13. The second-order valence-electron chi connectivity index (χ2n) is 6.60. The Morgan fingerprint density at radius 3 is 2.67 bits per heavy atom. The summed E-state index contributed by atoms with van der Waals surface area (Å²) in [5.41, 5.74) is 2.28. The molecular weight excluding hydrogens is 338 g/mol. The average Bonchev–Trinajstić information content (AvgIpc) is 3.40. The summed E-state index contributed by atoms with van der Waals surface area (Å²) in [7, 11) is 0. The van der Waals surface area contributed by atoms with E-state index in [4.69, 9.17) is 4.42 Å². The van der Waals surface area contributed by atoms with Crippen molar-refractivity contribution < 1.29 is 4.42 Å². The molecule has 0 bridgehead atoms. The monoisotopic (exact) mass is 359 g/mol. The van der Waals surface area contributed by atoms with E-state index in [0.29, 0.717) is 18.3 Å². The largest absolute Gasteiger partial charge is 0.419 e. The zero-order chi connectivity index (χ0) is 18.5. The molecule has 1 saturated heterocycles. The Labute approximate surface area is 158 Å². The molecule has 1 N–H and O–H groups in total. The van der Waals surface area contributed by atoms with Crippen LogP contribution in [-0.4, -0.2) is 34.5 Å². The van der Waals surface area contributed by atoms with Crippen LogP contribution in [0, 0.1) is 11.3 Å². The van der Waals surface area contributed by atoms with E-state index in [-0.39, 0.29) is 11.7 Å². The fourth-order valence-corrected chi connectivity index (χ4v) is 3.50. The summed E-state index contributed by atoms with van der Waals surface area (Å²) in [4.78, 5) is 10.9. The van der Waals surface area contributed by atoms with Crippen molar-refractivity contribution in [2.75, 3.05) is 25.0 Å². The minimum atomic E-state index is 0.229. The first-order chi connectivity index (χ1) is 13.3. The lowest BCUT2D eigenvalue weighted by Crippen LogP contribution is -2.31. The lowest BCUT2D eigenvalue weighted by molar-refractivity contribution is 0.255. The van der Waals surface area contributed by atoms with Gasteiger partial charge in [0.15, 0.2) is 0 Å². The van der Waals surface area contributed by atoms with E-state index in [1.165, 1.54) is 18.4 Å². The smallest absolute Gasteiger partial charge is 0.232 e. The number of likely N-dealkylation sites (tertiary alicyclic amines) is 1. The molecule has 1 aliphatic heterocycles. The minimum Gasteiger partial charge on any atom is -0.419 e. The molecule has 1 aliphatic rings. The third kappa shape index (κ3) is 3.83. The highest BCUT2D eigenvalue weighted by molar-refractivity contribution is 5.57. The van der Waals surface area contributed by atoms with Gasteiger partial charge in [-0.25, -0.2) is 0 Å². The van der Waals surface area contributed by atoms with Gasteiger partial charge in [0.1, 0.15) is 6.07 Å². The van der Waals surface area contributed by atoms with Crippen molar-refractivity contribution in [2.45, 2.75) is 18.9 Å². The maximum Gasteiger partial charge on any atom is 0.232 e. The number of rotatable bonds is 6. The van der Waals surface area contributed by atoms with Crippen LogP contribution in [0.25, 0.3) is 11.5 Å². The van der Waals surface area contributed by atoms with Crippen LogP contribution in [0.5, 0.6) is 0 Å². The van der Waals surface area contributed by atoms with Crippen LogP contribution < -0.4 is 5.32 Å². The quantitative estimate of drug-likeness (QED) is 0.720. The molecule has 6 nitrogen and oxygen atoms in total. The van der Waals surface area contributed by atoms with Gasteiger partial charge in [0.25, 0.3) is 0 Å². The first-order valence-electron chi connectivity index (χ1n) is 9.19. The number of anilines is 1. The Balaban J connectivity index is 1.55. The highest BCUT2D eigenvalue weighted by atomic mass is 16.4. The molecule has 3 heterocycles. The fraction of sp³-hybridized carbons (Fsp3) is 0.286. The van der Waals surface area contributed by atoms with Gasteiger partial charge in [0.2, 0.25) is 17.5 Å². The molecule has 27 heavy (non-hydrogen) atoms. The summed E-state index contributed by atoms with van der Waals surface area (Å²) < 4.78 is 5.84. The summed E-state index contributed by atoms with van der Waals surface area (Å²) >= 11 is 0. The molecule has 0 aliphatic carbocycles. The molecule has 0 radical (unpaired) electrons. The van der Waals surface area contributed by atoms with E-state index in [1.54, 1.807) is 12.4 Å². The van der Waals surface area contributed by atoms with Gasteiger partial charge in [0, 0.05) is 18.9 Å². The van der Waals surface area contributed by atoms with Crippen molar-refractivity contribution in [1.29, 1.82) is 5.26 Å². The van der Waals surface area contributed by atoms with Crippen molar-refractivity contribution in [2.24, 2.45) is 0 Å². The summed E-state index contributed by atoms with van der Waals surface area (Å²) in [5.74, 6) is 0.816. The Morgan fingerprint density at radius 2 is 1.96 bits per heavy atom. The molecule has 4 rings (SSSR count). The van der Waals surface area contributed by atoms with Crippen LogP contribution in [0.3, 0.4) is 0 Å². The Morgan fingerprint density at radius 1 is 1.15 bits per heavy atom. The normalized spacial score (nSPS) is 15.4. The molecule has 0 amide bonds. The third-order valence-corrected chi connectivity index (χ3v) is 4.86. The molecular formula is C21H21N5O. The Bertz CT molecular complexity index is 911. The fourth-order valence-electron chi connectivity index (χ4n) is 3.50. The second kappa shape index (κ2) is 8.02. The molecule has 6 heteroatoms. The maximum absolute atomic E-state index is 9.43. The second-order valence-corrected chi connectivity index (χ2v) is 6.60. The lowest BCUT2D eigenvalue weighted by atomic mass is 10.1. The van der Waals surface area contributed by atoms with Crippen LogP contribution in [0.15, 0.2) is 59.3 Å². The number of oxazole rings is 1. The van der Waals surface area contributed by atoms with E-state index >= 15 is 0 Å². The number of aromatic nitrogens is 2. The van der Waals surface area contributed by atoms with Crippen LogP contribution >= 0.6 is 0 Å². The van der Waals surface area contributed by atoms with Crippen LogP contribution in [0.4, 0.5) is 5.88 Å². The van der Waals surface area contributed by atoms with Gasteiger partial charge in [-0.2, -0.15) is 10.2 Å². The molecule has 2 aromatic heterocycles. The van der Waals surface area contributed by atoms with E-state index in [2.05, 4.69) is 50.5 Å². The van der Waals surface area contributed by atoms with Gasteiger partial charge in [-0.05, 0) is 43.6 Å². The van der Waals surface area contributed by atoms with Crippen molar-refractivity contribution in [3.63, 3.8) is 0 Å². The van der Waals surface area contributed by atoms with E-state index in [1.807, 2.05) is 18.2 Å². The molecule has 1 fully saturated rings. The highest BCUT2D eigenvalue weighted by Crippen LogP contribution is 2.28. The molecule has 1 aromatic carbocycles. The zero-order valence-electron chi connectivity index (χ0n) is 15.0. The van der Waals surface area contributed by atoms with E-state index in [9.17, 15) is 5.26 Å². The maximum atomic E-state index is 9.43. The molecule has 136 valence electrons. The minimum absolute atomic E-state index is 0.229. The van der Waals surface area contributed by atoms with Crippen molar-refractivity contribution in [3.05, 3.63) is 66.1 Å². The SMILES string of the molecule is N#Cc1nc(-c2cccnc2)oc1NC[C@@H](c1ccccc1)N1CCCC1. The van der Waals surface area contributed by atoms with Gasteiger partial charge in [0.05, 0.1) is 11.6 Å². The number of pyridine rings is 1. The number of nitrogens with zero attached hydrogens (tertiary/aromatic N) is 4. The first kappa shape index (κ1) is 17.3. The highest BCUT2D eigenvalue weighted by Gasteiger charge is 2.24. The van der Waals surface area contributed by atoms with E-state index < -0.39 is 0 Å². The number of hydrogen-bond donors (Lipinski definition) is 1. The standard InChI is InChI=1S/C21H21N5O/c22-13-18-21(27-20(25-18)17-9-6-10-23-14-17)24-15-19(26-11-4-5-12-26)16-7-2-1-3-8-16/h1-3,6-10,14,19,24H,4-5,11-12,15H2/t19-/m0/s1. The molecule has 0 unspecified atom stereocenters. The summed E-state index contributed by atoms with van der Waals surface area (Å²) in [6, 6.07) is 16.5. The number of benzene rings is 1. The first-order valence-corrected chi connectivity index (χ1v) is 9.19. The molecule has 1 atom stereocenters. The summed E-state index contributed by atoms with van der Waals surface area (Å²) in [6.07, 6.45) is 5.81. The van der Waals surface area contributed by atoms with Crippen LogP contribution in [0.1, 0.15) is 30.1 Å². The van der Waals surface area contributed by atoms with Gasteiger partial charge < -0.3 is 9.73 Å². The molecule has 3 aromatic rings. The van der Waals surface area contributed by atoms with Gasteiger partial charge in [-0.1, -0.05) is 30.3 Å². The molecule has 0 saturated carbocycles. The lowest BCUT2D eigenvalue weighted by Gasteiger charge is -2.28. The van der Waals surface area contributed by atoms with Gasteiger partial charge in [-0.15, -0.1) is 0 Å². The van der Waals surface area contributed by atoms with Gasteiger partial charge >= 0.3 is 0 Å². The van der Waals surface area contributed by atoms with Crippen molar-refractivity contribution in [1.82, 2.24) is 14.9 Å². The average molecular weight is 359 g/mol. The van der Waals surface area contributed by atoms with Gasteiger partial charge in [-0.3, -0.25) is 9.88 Å². The van der Waals surface area contributed by atoms with E-state index in [0.717, 1.165) is 18.7 Å². The zero-order valence-corrected chi connectivity index (χ0v) is 15.0. The Hall–Kier alpha value is -3.17. The number of hydrogen-bond acceptors (Lipinski definition) is 6. The number of nitrogens with one attached hydrogen (secondary N) is 1. The predicted octanol–water partition coefficient (Wildman–Crippen LogP) is 3.86.